The summed E-state index contributed by atoms with van der Waals surface area (Å²) in [5, 5.41) is 10.7. The average Bonchev–Trinajstić information content (AvgIpc) is 2.80. The highest BCUT2D eigenvalue weighted by atomic mass is 16.6. The number of hydrogen-bond donors (Lipinski definition) is 2. The van der Waals surface area contributed by atoms with Gasteiger partial charge in [-0.25, -0.2) is 4.79 Å². The summed E-state index contributed by atoms with van der Waals surface area (Å²) in [4.78, 5) is 16.0. The van der Waals surface area contributed by atoms with E-state index in [1.54, 1.807) is 12.1 Å². The SMILES string of the molecule is COC[C@H]1O[C@@H](n2c(=O)nc(N)c3ccccc32)C[C@@H]1O. The van der Waals surface area contributed by atoms with Gasteiger partial charge in [0, 0.05) is 18.9 Å². The molecule has 1 aromatic carbocycles. The second-order valence-electron chi connectivity index (χ2n) is 5.05. The lowest BCUT2D eigenvalue weighted by Gasteiger charge is -2.17. The van der Waals surface area contributed by atoms with Gasteiger partial charge in [-0.2, -0.15) is 4.98 Å². The quantitative estimate of drug-likeness (QED) is 0.842. The number of para-hydroxylation sites is 1. The molecular formula is C14H17N3O4. The molecule has 2 aromatic rings. The van der Waals surface area contributed by atoms with Crippen LogP contribution in [0.25, 0.3) is 10.9 Å². The summed E-state index contributed by atoms with van der Waals surface area (Å²) in [5.41, 5.74) is 5.95. The van der Waals surface area contributed by atoms with Crippen molar-refractivity contribution < 1.29 is 14.6 Å². The van der Waals surface area contributed by atoms with Gasteiger partial charge < -0.3 is 20.3 Å². The Balaban J connectivity index is 2.07. The van der Waals surface area contributed by atoms with Gasteiger partial charge in [0.1, 0.15) is 18.1 Å². The third-order valence-corrected chi connectivity index (χ3v) is 3.68. The fraction of sp³-hybridized carbons (Fsp3) is 0.429. The van der Waals surface area contributed by atoms with Gasteiger partial charge in [0.15, 0.2) is 0 Å². The van der Waals surface area contributed by atoms with Gasteiger partial charge in [-0.15, -0.1) is 0 Å². The number of fused-ring (bicyclic) bond motifs is 1. The van der Waals surface area contributed by atoms with Crippen molar-refractivity contribution in [1.29, 1.82) is 0 Å². The molecule has 7 nitrogen and oxygen atoms in total. The number of aliphatic hydroxyl groups excluding tert-OH is 1. The molecule has 0 radical (unpaired) electrons. The Morgan fingerprint density at radius 3 is 3.05 bits per heavy atom. The highest BCUT2D eigenvalue weighted by molar-refractivity contribution is 5.88. The molecular weight excluding hydrogens is 274 g/mol. The minimum atomic E-state index is -0.682. The standard InChI is InChI=1S/C14H17N3O4/c1-20-7-11-10(18)6-12(21-11)17-9-5-3-2-4-8(9)13(15)16-14(17)19/h2-5,10-12,18H,6-7H2,1H3,(H2,15,16,19)/t10-,11+,12+/m0/s1. The number of nitrogens with zero attached hydrogens (tertiary/aromatic N) is 2. The first-order valence-electron chi connectivity index (χ1n) is 6.71. The molecule has 3 rings (SSSR count). The maximum absolute atomic E-state index is 12.2. The fourth-order valence-corrected chi connectivity index (χ4v) is 2.69. The van der Waals surface area contributed by atoms with E-state index in [4.69, 9.17) is 15.2 Å². The summed E-state index contributed by atoms with van der Waals surface area (Å²) in [5.74, 6) is 0.193. The lowest BCUT2D eigenvalue weighted by atomic mass is 10.2. The van der Waals surface area contributed by atoms with Crippen molar-refractivity contribution in [3.63, 3.8) is 0 Å². The molecule has 1 aromatic heterocycles. The number of ether oxygens (including phenoxy) is 2. The number of anilines is 1. The smallest absolute Gasteiger partial charge is 0.352 e. The predicted molar refractivity (Wildman–Crippen MR) is 76.8 cm³/mol. The summed E-state index contributed by atoms with van der Waals surface area (Å²) in [6.07, 6.45) is -1.41. The second kappa shape index (κ2) is 5.44. The van der Waals surface area contributed by atoms with Gasteiger partial charge in [-0.1, -0.05) is 12.1 Å². The number of rotatable bonds is 3. The number of nitrogen functional groups attached to an aromatic ring is 1. The molecule has 0 aliphatic carbocycles. The maximum atomic E-state index is 12.2. The van der Waals surface area contributed by atoms with Gasteiger partial charge in [-0.3, -0.25) is 4.57 Å². The molecule has 1 saturated heterocycles. The molecule has 0 bridgehead atoms. The van der Waals surface area contributed by atoms with Gasteiger partial charge >= 0.3 is 5.69 Å². The van der Waals surface area contributed by atoms with Gasteiger partial charge in [-0.05, 0) is 12.1 Å². The van der Waals surface area contributed by atoms with Gasteiger partial charge in [0.25, 0.3) is 0 Å². The van der Waals surface area contributed by atoms with Crippen molar-refractivity contribution in [2.75, 3.05) is 19.5 Å². The number of benzene rings is 1. The van der Waals surface area contributed by atoms with Crippen molar-refractivity contribution in [3.05, 3.63) is 34.7 Å². The van der Waals surface area contributed by atoms with Crippen LogP contribution in [-0.4, -0.2) is 40.6 Å². The van der Waals surface area contributed by atoms with Crippen molar-refractivity contribution in [1.82, 2.24) is 9.55 Å². The van der Waals surface area contributed by atoms with Crippen LogP contribution in [0.1, 0.15) is 12.6 Å². The van der Waals surface area contributed by atoms with E-state index < -0.39 is 24.1 Å². The van der Waals surface area contributed by atoms with Crippen LogP contribution in [0.5, 0.6) is 0 Å². The number of aromatic nitrogens is 2. The van der Waals surface area contributed by atoms with Crippen LogP contribution in [0.4, 0.5) is 5.82 Å². The Bertz CT molecular complexity index is 715. The third kappa shape index (κ3) is 2.39. The Hall–Kier alpha value is -1.96. The molecule has 1 fully saturated rings. The molecule has 3 atom stereocenters. The van der Waals surface area contributed by atoms with E-state index in [-0.39, 0.29) is 12.4 Å². The zero-order chi connectivity index (χ0) is 15.0. The Morgan fingerprint density at radius 2 is 2.29 bits per heavy atom. The van der Waals surface area contributed by atoms with Crippen LogP contribution in [0.15, 0.2) is 29.1 Å². The number of methoxy groups -OCH3 is 1. The lowest BCUT2D eigenvalue weighted by Crippen LogP contribution is -2.29. The van der Waals surface area contributed by atoms with Crippen LogP contribution in [0.2, 0.25) is 0 Å². The van der Waals surface area contributed by atoms with E-state index in [9.17, 15) is 9.90 Å². The van der Waals surface area contributed by atoms with Crippen molar-refractivity contribution in [3.8, 4) is 0 Å². The molecule has 0 spiro atoms. The monoisotopic (exact) mass is 291 g/mol. The van der Waals surface area contributed by atoms with Crippen LogP contribution < -0.4 is 11.4 Å². The molecule has 1 aliphatic heterocycles. The first-order valence-corrected chi connectivity index (χ1v) is 6.71. The Morgan fingerprint density at radius 1 is 1.52 bits per heavy atom. The van der Waals surface area contributed by atoms with Crippen LogP contribution >= 0.6 is 0 Å². The van der Waals surface area contributed by atoms with Crippen molar-refractivity contribution in [2.24, 2.45) is 0 Å². The number of hydrogen-bond acceptors (Lipinski definition) is 6. The van der Waals surface area contributed by atoms with Crippen LogP contribution in [0.3, 0.4) is 0 Å². The van der Waals surface area contributed by atoms with Crippen molar-refractivity contribution in [2.45, 2.75) is 24.9 Å². The zero-order valence-electron chi connectivity index (χ0n) is 11.6. The predicted octanol–water partition coefficient (Wildman–Crippen LogP) is 0.273. The largest absolute Gasteiger partial charge is 0.390 e. The summed E-state index contributed by atoms with van der Waals surface area (Å²) in [6, 6.07) is 7.22. The number of aliphatic hydroxyl groups is 1. The van der Waals surface area contributed by atoms with E-state index in [2.05, 4.69) is 4.98 Å². The third-order valence-electron chi connectivity index (χ3n) is 3.68. The number of nitrogens with two attached hydrogens (primary N) is 1. The zero-order valence-corrected chi connectivity index (χ0v) is 11.6. The Labute approximate surface area is 120 Å². The van der Waals surface area contributed by atoms with E-state index in [1.165, 1.54) is 11.7 Å². The molecule has 3 N–H and O–H groups in total. The minimum absolute atomic E-state index is 0.193. The van der Waals surface area contributed by atoms with Crippen LogP contribution in [0, 0.1) is 0 Å². The highest BCUT2D eigenvalue weighted by Gasteiger charge is 2.36. The second-order valence-corrected chi connectivity index (χ2v) is 5.05. The van der Waals surface area contributed by atoms with E-state index in [1.807, 2.05) is 12.1 Å². The molecule has 1 aliphatic rings. The molecule has 0 amide bonds. The van der Waals surface area contributed by atoms with Gasteiger partial charge in [0.2, 0.25) is 0 Å². The first-order chi connectivity index (χ1) is 10.1. The molecule has 0 saturated carbocycles. The van der Waals surface area contributed by atoms with E-state index in [0.29, 0.717) is 17.3 Å². The molecule has 21 heavy (non-hydrogen) atoms. The Kier molecular flexibility index (Phi) is 3.62. The topological polar surface area (TPSA) is 99.6 Å². The lowest BCUT2D eigenvalue weighted by molar-refractivity contribution is -0.0532. The van der Waals surface area contributed by atoms with Crippen molar-refractivity contribution >= 4 is 16.7 Å². The minimum Gasteiger partial charge on any atom is -0.390 e. The maximum Gasteiger partial charge on any atom is 0.352 e. The highest BCUT2D eigenvalue weighted by Crippen LogP contribution is 2.30. The average molecular weight is 291 g/mol. The molecule has 112 valence electrons. The van der Waals surface area contributed by atoms with E-state index in [0.717, 1.165) is 0 Å². The summed E-state index contributed by atoms with van der Waals surface area (Å²) in [6.45, 7) is 0.271. The fourth-order valence-electron chi connectivity index (χ4n) is 2.69. The van der Waals surface area contributed by atoms with E-state index >= 15 is 0 Å². The summed E-state index contributed by atoms with van der Waals surface area (Å²) >= 11 is 0. The molecule has 7 heteroatoms. The van der Waals surface area contributed by atoms with Gasteiger partial charge in [0.05, 0.1) is 18.2 Å². The molecule has 2 heterocycles. The summed E-state index contributed by atoms with van der Waals surface area (Å²) < 4.78 is 12.2. The first kappa shape index (κ1) is 14.0. The molecule has 0 unspecified atom stereocenters. The van der Waals surface area contributed by atoms with Crippen LogP contribution in [-0.2, 0) is 9.47 Å². The summed E-state index contributed by atoms with van der Waals surface area (Å²) in [7, 11) is 1.54. The normalized spacial score (nSPS) is 25.5.